The molecule has 0 aliphatic carbocycles. The predicted octanol–water partition coefficient (Wildman–Crippen LogP) is 2.49. The third-order valence-corrected chi connectivity index (χ3v) is 3.70. The fourth-order valence-corrected chi connectivity index (χ4v) is 2.20. The van der Waals surface area contributed by atoms with Gasteiger partial charge in [-0.05, 0) is 31.7 Å². The van der Waals surface area contributed by atoms with Crippen molar-refractivity contribution in [3.8, 4) is 0 Å². The minimum atomic E-state index is 0.402. The number of hydrogen-bond acceptors (Lipinski definition) is 2. The standard InChI is InChI=1S/C13H28N2/c1-6-8-14-12-7-9-15(10-12)11(2)13(3,4)5/h11-12,14H,6-10H2,1-5H3. The molecule has 0 saturated carbocycles. The summed E-state index contributed by atoms with van der Waals surface area (Å²) >= 11 is 0. The van der Waals surface area contributed by atoms with Gasteiger partial charge in [-0.3, -0.25) is 4.90 Å². The SMILES string of the molecule is CCCNC1CCN(C(C)C(C)(C)C)C1. The van der Waals surface area contributed by atoms with Crippen LogP contribution in [-0.2, 0) is 0 Å². The van der Waals surface area contributed by atoms with Crippen molar-refractivity contribution in [2.24, 2.45) is 5.41 Å². The molecule has 1 fully saturated rings. The van der Waals surface area contributed by atoms with E-state index in [0.29, 0.717) is 11.5 Å². The zero-order valence-corrected chi connectivity index (χ0v) is 11.1. The molecule has 0 amide bonds. The average Bonchev–Trinajstić information content (AvgIpc) is 2.60. The van der Waals surface area contributed by atoms with Crippen LogP contribution in [0.1, 0.15) is 47.5 Å². The Kier molecular flexibility index (Phi) is 4.60. The monoisotopic (exact) mass is 212 g/mol. The number of hydrogen-bond donors (Lipinski definition) is 1. The molecule has 15 heavy (non-hydrogen) atoms. The summed E-state index contributed by atoms with van der Waals surface area (Å²) in [6.07, 6.45) is 2.56. The van der Waals surface area contributed by atoms with E-state index >= 15 is 0 Å². The van der Waals surface area contributed by atoms with Crippen LogP contribution in [0, 0.1) is 5.41 Å². The van der Waals surface area contributed by atoms with E-state index in [1.807, 2.05) is 0 Å². The van der Waals surface area contributed by atoms with Crippen molar-refractivity contribution < 1.29 is 0 Å². The van der Waals surface area contributed by atoms with Crippen LogP contribution in [0.15, 0.2) is 0 Å². The Hall–Kier alpha value is -0.0800. The third kappa shape index (κ3) is 3.76. The highest BCUT2D eigenvalue weighted by atomic mass is 15.2. The Morgan fingerprint density at radius 1 is 1.40 bits per heavy atom. The first-order valence-corrected chi connectivity index (χ1v) is 6.42. The average molecular weight is 212 g/mol. The van der Waals surface area contributed by atoms with Gasteiger partial charge in [0.15, 0.2) is 0 Å². The molecule has 2 nitrogen and oxygen atoms in total. The second-order valence-corrected chi connectivity index (χ2v) is 5.98. The van der Waals surface area contributed by atoms with Crippen LogP contribution in [0.2, 0.25) is 0 Å². The van der Waals surface area contributed by atoms with E-state index in [2.05, 4.69) is 44.8 Å². The molecule has 1 aliphatic rings. The fourth-order valence-electron chi connectivity index (χ4n) is 2.20. The van der Waals surface area contributed by atoms with Crippen LogP contribution in [-0.4, -0.2) is 36.6 Å². The number of likely N-dealkylation sites (tertiary alicyclic amines) is 1. The minimum absolute atomic E-state index is 0.402. The van der Waals surface area contributed by atoms with Crippen molar-refractivity contribution in [1.82, 2.24) is 10.2 Å². The molecule has 1 rings (SSSR count). The quantitative estimate of drug-likeness (QED) is 0.770. The summed E-state index contributed by atoms with van der Waals surface area (Å²) in [7, 11) is 0. The summed E-state index contributed by atoms with van der Waals surface area (Å²) in [5.41, 5.74) is 0.402. The summed E-state index contributed by atoms with van der Waals surface area (Å²) in [5.74, 6) is 0. The van der Waals surface area contributed by atoms with Gasteiger partial charge in [0.05, 0.1) is 0 Å². The Bertz CT molecular complexity index is 183. The van der Waals surface area contributed by atoms with Crippen LogP contribution < -0.4 is 5.32 Å². The Labute approximate surface area is 95.4 Å². The predicted molar refractivity (Wildman–Crippen MR) is 67.2 cm³/mol. The Morgan fingerprint density at radius 3 is 2.60 bits per heavy atom. The lowest BCUT2D eigenvalue weighted by Crippen LogP contribution is -2.42. The van der Waals surface area contributed by atoms with Gasteiger partial charge in [0.25, 0.3) is 0 Å². The third-order valence-electron chi connectivity index (χ3n) is 3.70. The van der Waals surface area contributed by atoms with Crippen LogP contribution >= 0.6 is 0 Å². The first-order chi connectivity index (χ1) is 6.95. The smallest absolute Gasteiger partial charge is 0.0207 e. The minimum Gasteiger partial charge on any atom is -0.313 e. The lowest BCUT2D eigenvalue weighted by Gasteiger charge is -2.35. The maximum atomic E-state index is 3.63. The summed E-state index contributed by atoms with van der Waals surface area (Å²) in [6, 6.07) is 1.42. The number of nitrogens with zero attached hydrogens (tertiary/aromatic N) is 1. The van der Waals surface area contributed by atoms with Crippen molar-refractivity contribution in [3.05, 3.63) is 0 Å². The van der Waals surface area contributed by atoms with E-state index in [9.17, 15) is 0 Å². The molecule has 0 radical (unpaired) electrons. The molecule has 1 heterocycles. The number of nitrogens with one attached hydrogen (secondary N) is 1. The Morgan fingerprint density at radius 2 is 2.07 bits per heavy atom. The molecule has 0 aromatic heterocycles. The number of rotatable bonds is 4. The Balaban J connectivity index is 2.35. The van der Waals surface area contributed by atoms with Crippen LogP contribution in [0.5, 0.6) is 0 Å². The molecule has 2 heteroatoms. The summed E-state index contributed by atoms with van der Waals surface area (Å²) in [6.45, 7) is 15.3. The highest BCUT2D eigenvalue weighted by Gasteiger charge is 2.31. The fraction of sp³-hybridized carbons (Fsp3) is 1.00. The molecule has 0 bridgehead atoms. The van der Waals surface area contributed by atoms with E-state index in [1.54, 1.807) is 0 Å². The van der Waals surface area contributed by atoms with Gasteiger partial charge in [-0.15, -0.1) is 0 Å². The highest BCUT2D eigenvalue weighted by molar-refractivity contribution is 4.88. The summed E-state index contributed by atoms with van der Waals surface area (Å²) in [4.78, 5) is 2.63. The van der Waals surface area contributed by atoms with Crippen molar-refractivity contribution >= 4 is 0 Å². The van der Waals surface area contributed by atoms with Crippen LogP contribution in [0.25, 0.3) is 0 Å². The van der Waals surface area contributed by atoms with Gasteiger partial charge in [-0.25, -0.2) is 0 Å². The van der Waals surface area contributed by atoms with Gasteiger partial charge in [0.2, 0.25) is 0 Å². The largest absolute Gasteiger partial charge is 0.313 e. The van der Waals surface area contributed by atoms with Crippen LogP contribution in [0.3, 0.4) is 0 Å². The molecule has 2 atom stereocenters. The second kappa shape index (κ2) is 5.31. The first-order valence-electron chi connectivity index (χ1n) is 6.42. The normalized spacial score (nSPS) is 25.8. The van der Waals surface area contributed by atoms with E-state index in [4.69, 9.17) is 0 Å². The highest BCUT2D eigenvalue weighted by Crippen LogP contribution is 2.26. The zero-order chi connectivity index (χ0) is 11.5. The van der Waals surface area contributed by atoms with Crippen molar-refractivity contribution in [2.45, 2.75) is 59.5 Å². The maximum Gasteiger partial charge on any atom is 0.0207 e. The molecule has 1 saturated heterocycles. The lowest BCUT2D eigenvalue weighted by atomic mass is 9.87. The van der Waals surface area contributed by atoms with E-state index in [1.165, 1.54) is 32.5 Å². The van der Waals surface area contributed by atoms with Gasteiger partial charge in [-0.1, -0.05) is 27.7 Å². The van der Waals surface area contributed by atoms with Crippen molar-refractivity contribution in [2.75, 3.05) is 19.6 Å². The first kappa shape index (κ1) is 13.0. The van der Waals surface area contributed by atoms with E-state index in [0.717, 1.165) is 6.04 Å². The van der Waals surface area contributed by atoms with Crippen molar-refractivity contribution in [3.63, 3.8) is 0 Å². The molecule has 90 valence electrons. The molecule has 0 aromatic carbocycles. The van der Waals surface area contributed by atoms with E-state index in [-0.39, 0.29) is 0 Å². The second-order valence-electron chi connectivity index (χ2n) is 5.98. The molecule has 0 spiro atoms. The summed E-state index contributed by atoms with van der Waals surface area (Å²) in [5, 5.41) is 3.63. The van der Waals surface area contributed by atoms with Gasteiger partial charge in [0.1, 0.15) is 0 Å². The maximum absolute atomic E-state index is 3.63. The molecule has 1 aliphatic heterocycles. The lowest BCUT2D eigenvalue weighted by molar-refractivity contribution is 0.137. The van der Waals surface area contributed by atoms with Crippen molar-refractivity contribution in [1.29, 1.82) is 0 Å². The van der Waals surface area contributed by atoms with Gasteiger partial charge >= 0.3 is 0 Å². The van der Waals surface area contributed by atoms with E-state index < -0.39 is 0 Å². The van der Waals surface area contributed by atoms with Gasteiger partial charge in [0, 0.05) is 25.2 Å². The molecule has 1 N–H and O–H groups in total. The van der Waals surface area contributed by atoms with Gasteiger partial charge < -0.3 is 5.32 Å². The van der Waals surface area contributed by atoms with Gasteiger partial charge in [-0.2, -0.15) is 0 Å². The molecular weight excluding hydrogens is 184 g/mol. The summed E-state index contributed by atoms with van der Waals surface area (Å²) < 4.78 is 0. The molecule has 2 unspecified atom stereocenters. The van der Waals surface area contributed by atoms with Crippen LogP contribution in [0.4, 0.5) is 0 Å². The molecular formula is C13H28N2. The molecule has 0 aromatic rings. The zero-order valence-electron chi connectivity index (χ0n) is 11.1. The topological polar surface area (TPSA) is 15.3 Å².